The Labute approximate surface area is 174 Å². The highest BCUT2D eigenvalue weighted by atomic mass is 79.9. The van der Waals surface area contributed by atoms with Gasteiger partial charge in [-0.2, -0.15) is 13.8 Å². The van der Waals surface area contributed by atoms with Gasteiger partial charge < -0.3 is 14.7 Å². The largest absolute Gasteiger partial charge is 0.378 e. The van der Waals surface area contributed by atoms with Crippen LogP contribution in [-0.4, -0.2) is 35.2 Å². The molecule has 9 heteroatoms. The number of carbonyl (C=O) groups excluding carboxylic acids is 1. The van der Waals surface area contributed by atoms with Crippen LogP contribution in [0.3, 0.4) is 0 Å². The third-order valence-corrected chi connectivity index (χ3v) is 5.06. The minimum Gasteiger partial charge on any atom is -0.369 e. The molecule has 3 aromatic rings. The zero-order valence-corrected chi connectivity index (χ0v) is 16.8. The van der Waals surface area contributed by atoms with E-state index < -0.39 is 10.7 Å². The summed E-state index contributed by atoms with van der Waals surface area (Å²) in [5.74, 6) is -0.976. The minimum atomic E-state index is -3.38. The molecule has 150 valence electrons. The van der Waals surface area contributed by atoms with E-state index in [2.05, 4.69) is 52.9 Å². The number of rotatable bonds is 5. The average molecular weight is 463 g/mol. The Balaban J connectivity index is 1.38. The van der Waals surface area contributed by atoms with Gasteiger partial charge >= 0.3 is 10.7 Å². The molecular weight excluding hydrogens is 446 g/mol. The first kappa shape index (κ1) is 19.5. The number of anilines is 1. The third kappa shape index (κ3) is 4.45. The van der Waals surface area contributed by atoms with Gasteiger partial charge in [-0.15, -0.1) is 0 Å². The Kier molecular flexibility index (Phi) is 5.31. The lowest BCUT2D eigenvalue weighted by molar-refractivity contribution is 0.0725. The molecule has 2 heterocycles. The van der Waals surface area contributed by atoms with Crippen LogP contribution < -0.4 is 10.2 Å². The van der Waals surface area contributed by atoms with E-state index in [0.717, 1.165) is 25.2 Å². The van der Waals surface area contributed by atoms with Crippen LogP contribution in [0.25, 0.3) is 11.4 Å². The van der Waals surface area contributed by atoms with Crippen LogP contribution in [-0.2, 0) is 4.83 Å². The minimum absolute atomic E-state index is 0.0281. The molecule has 1 amide bonds. The predicted octanol–water partition coefficient (Wildman–Crippen LogP) is 4.19. The second-order valence-electron chi connectivity index (χ2n) is 6.74. The number of amides is 1. The fraction of sp³-hybridized carbons (Fsp3) is 0.250. The van der Waals surface area contributed by atoms with Crippen LogP contribution >= 0.6 is 15.9 Å². The number of aromatic nitrogens is 2. The van der Waals surface area contributed by atoms with Crippen molar-refractivity contribution in [3.8, 4) is 11.4 Å². The normalized spacial score (nSPS) is 16.8. The number of halogens is 3. The lowest BCUT2D eigenvalue weighted by Crippen LogP contribution is -2.37. The van der Waals surface area contributed by atoms with Crippen LogP contribution in [0.5, 0.6) is 0 Å². The summed E-state index contributed by atoms with van der Waals surface area (Å²) >= 11 is 2.18. The Bertz CT molecular complexity index is 990. The van der Waals surface area contributed by atoms with Gasteiger partial charge in [0, 0.05) is 51.9 Å². The maximum atomic E-state index is 13.1. The van der Waals surface area contributed by atoms with Crippen LogP contribution in [0.1, 0.15) is 22.7 Å². The van der Waals surface area contributed by atoms with Gasteiger partial charge in [0.25, 0.3) is 5.91 Å². The number of nitrogens with zero attached hydrogens (tertiary/aromatic N) is 3. The van der Waals surface area contributed by atoms with Crippen molar-refractivity contribution in [3.05, 3.63) is 66.1 Å². The molecule has 1 fully saturated rings. The molecule has 1 N–H and O–H groups in total. The first-order chi connectivity index (χ1) is 13.9. The summed E-state index contributed by atoms with van der Waals surface area (Å²) in [6.45, 7) is 1.63. The Hall–Kier alpha value is -2.81. The highest BCUT2D eigenvalue weighted by Gasteiger charge is 2.35. The Morgan fingerprint density at radius 2 is 1.90 bits per heavy atom. The third-order valence-electron chi connectivity index (χ3n) is 4.72. The van der Waals surface area contributed by atoms with Crippen molar-refractivity contribution >= 4 is 27.5 Å². The molecule has 0 radical (unpaired) electrons. The van der Waals surface area contributed by atoms with Crippen molar-refractivity contribution in [1.82, 2.24) is 15.5 Å². The topological polar surface area (TPSA) is 71.3 Å². The van der Waals surface area contributed by atoms with Gasteiger partial charge in [0.2, 0.25) is 5.82 Å². The van der Waals surface area contributed by atoms with Gasteiger partial charge in [-0.1, -0.05) is 35.5 Å². The molecule has 1 aliphatic rings. The number of alkyl halides is 3. The van der Waals surface area contributed by atoms with E-state index in [1.165, 1.54) is 0 Å². The van der Waals surface area contributed by atoms with Crippen LogP contribution in [0.4, 0.5) is 14.5 Å². The molecule has 0 saturated carbocycles. The first-order valence-electron chi connectivity index (χ1n) is 9.02. The number of carbonyl (C=O) groups is 1. The van der Waals surface area contributed by atoms with E-state index in [4.69, 9.17) is 0 Å². The highest BCUT2D eigenvalue weighted by Crippen LogP contribution is 2.34. The molecule has 1 atom stereocenters. The van der Waals surface area contributed by atoms with Crippen molar-refractivity contribution in [3.63, 3.8) is 0 Å². The van der Waals surface area contributed by atoms with Crippen molar-refractivity contribution in [2.75, 3.05) is 18.0 Å². The zero-order chi connectivity index (χ0) is 20.4. The fourth-order valence-corrected chi connectivity index (χ4v) is 3.41. The molecule has 0 spiro atoms. The smallest absolute Gasteiger partial charge is 0.369 e. The van der Waals surface area contributed by atoms with Crippen LogP contribution in [0.2, 0.25) is 0 Å². The van der Waals surface area contributed by atoms with Gasteiger partial charge in [-0.05, 0) is 30.7 Å². The summed E-state index contributed by atoms with van der Waals surface area (Å²) < 4.78 is 30.8. The van der Waals surface area contributed by atoms with E-state index in [9.17, 15) is 13.6 Å². The molecule has 0 bridgehead atoms. The molecule has 1 unspecified atom stereocenters. The van der Waals surface area contributed by atoms with E-state index in [1.54, 1.807) is 24.3 Å². The summed E-state index contributed by atoms with van der Waals surface area (Å²) in [5, 5.41) is 6.59. The van der Waals surface area contributed by atoms with E-state index in [-0.39, 0.29) is 17.8 Å². The van der Waals surface area contributed by atoms with Crippen molar-refractivity contribution < 1.29 is 18.1 Å². The maximum Gasteiger partial charge on any atom is 0.378 e. The van der Waals surface area contributed by atoms with Gasteiger partial charge in [-0.3, -0.25) is 4.79 Å². The number of para-hydroxylation sites is 1. The fourth-order valence-electron chi connectivity index (χ4n) is 3.25. The van der Waals surface area contributed by atoms with Crippen LogP contribution in [0, 0.1) is 0 Å². The first-order valence-corrected chi connectivity index (χ1v) is 9.81. The summed E-state index contributed by atoms with van der Waals surface area (Å²) in [7, 11) is 0. The highest BCUT2D eigenvalue weighted by molar-refractivity contribution is 9.09. The van der Waals surface area contributed by atoms with Crippen molar-refractivity contribution in [2.24, 2.45) is 0 Å². The number of hydrogen-bond acceptors (Lipinski definition) is 5. The van der Waals surface area contributed by atoms with Crippen molar-refractivity contribution in [2.45, 2.75) is 17.3 Å². The quantitative estimate of drug-likeness (QED) is 0.575. The number of nitrogens with one attached hydrogen (secondary N) is 1. The molecule has 1 aromatic heterocycles. The Morgan fingerprint density at radius 1 is 1.17 bits per heavy atom. The van der Waals surface area contributed by atoms with Crippen molar-refractivity contribution in [1.29, 1.82) is 0 Å². The van der Waals surface area contributed by atoms with E-state index in [1.807, 2.05) is 18.2 Å². The molecule has 2 aromatic carbocycles. The average Bonchev–Trinajstić information content (AvgIpc) is 3.38. The van der Waals surface area contributed by atoms with Gasteiger partial charge in [-0.25, -0.2) is 0 Å². The summed E-state index contributed by atoms with van der Waals surface area (Å²) in [6.07, 6.45) is 0.866. The van der Waals surface area contributed by atoms with E-state index in [0.29, 0.717) is 11.1 Å². The Morgan fingerprint density at radius 3 is 2.55 bits per heavy atom. The molecule has 6 nitrogen and oxygen atoms in total. The monoisotopic (exact) mass is 462 g/mol. The number of hydrogen-bond donors (Lipinski definition) is 1. The predicted molar refractivity (Wildman–Crippen MR) is 107 cm³/mol. The van der Waals surface area contributed by atoms with Crippen LogP contribution in [0.15, 0.2) is 59.1 Å². The summed E-state index contributed by atoms with van der Waals surface area (Å²) in [4.78, 5) is 15.1. The molecular formula is C20H17BrF2N4O2. The van der Waals surface area contributed by atoms with Gasteiger partial charge in [0.05, 0.1) is 0 Å². The molecule has 1 aliphatic heterocycles. The number of benzene rings is 2. The second-order valence-corrected chi connectivity index (χ2v) is 7.73. The zero-order valence-electron chi connectivity index (χ0n) is 15.2. The molecule has 29 heavy (non-hydrogen) atoms. The second kappa shape index (κ2) is 7.90. The molecule has 0 aliphatic carbocycles. The van der Waals surface area contributed by atoms with Gasteiger partial charge in [0.15, 0.2) is 0 Å². The maximum absolute atomic E-state index is 13.1. The molecule has 1 saturated heterocycles. The lowest BCUT2D eigenvalue weighted by atomic mass is 10.1. The van der Waals surface area contributed by atoms with Gasteiger partial charge in [0.1, 0.15) is 0 Å². The standard InChI is InChI=1S/C20H17BrF2N4O2/c21-20(22,23)19-25-17(26-29-19)13-6-8-14(9-7-13)18(28)24-15-10-11-27(12-15)16-4-2-1-3-5-16/h1-9,15H,10-12H2,(H,24,28). The summed E-state index contributed by atoms with van der Waals surface area (Å²) in [5.41, 5.74) is 2.09. The SMILES string of the molecule is O=C(NC1CCN(c2ccccc2)C1)c1ccc(-c2noc(C(F)(F)Br)n2)cc1. The van der Waals surface area contributed by atoms with E-state index >= 15 is 0 Å². The lowest BCUT2D eigenvalue weighted by Gasteiger charge is -2.19. The summed E-state index contributed by atoms with van der Waals surface area (Å²) in [6, 6.07) is 16.5. The molecule has 4 rings (SSSR count).